The molecule has 210 valence electrons. The molecule has 0 spiro atoms. The maximum atomic E-state index is 13.7. The van der Waals surface area contributed by atoms with Gasteiger partial charge in [-0.25, -0.2) is 4.98 Å². The number of ether oxygens (including phenoxy) is 3. The quantitative estimate of drug-likeness (QED) is 0.155. The number of aliphatic hydroxyl groups excluding tert-OH is 1. The molecule has 1 N–H and O–H groups in total. The van der Waals surface area contributed by atoms with Crippen LogP contribution in [0.4, 0.5) is 5.13 Å². The molecule has 0 saturated carbocycles. The largest absolute Gasteiger partial charge is 0.507 e. The number of nitrogens with zero attached hydrogens (tertiary/aromatic N) is 2. The van der Waals surface area contributed by atoms with Gasteiger partial charge in [-0.3, -0.25) is 14.5 Å². The van der Waals surface area contributed by atoms with E-state index >= 15 is 0 Å². The first-order valence-corrected chi connectivity index (χ1v) is 14.4. The fraction of sp³-hybridized carbons (Fsp3) is 0.281. The molecule has 1 aromatic heterocycles. The van der Waals surface area contributed by atoms with E-state index in [-0.39, 0.29) is 11.3 Å². The molecule has 0 aliphatic carbocycles. The monoisotopic (exact) mass is 570 g/mol. The third kappa shape index (κ3) is 5.13. The third-order valence-corrected chi connectivity index (χ3v) is 8.15. The van der Waals surface area contributed by atoms with E-state index in [1.54, 1.807) is 18.2 Å². The highest BCUT2D eigenvalue weighted by Crippen LogP contribution is 2.45. The van der Waals surface area contributed by atoms with Gasteiger partial charge in [-0.05, 0) is 72.9 Å². The molecule has 0 radical (unpaired) electrons. The van der Waals surface area contributed by atoms with Crippen LogP contribution in [0.3, 0.4) is 0 Å². The van der Waals surface area contributed by atoms with E-state index in [1.165, 1.54) is 16.2 Å². The number of rotatable bonds is 7. The van der Waals surface area contributed by atoms with E-state index in [2.05, 4.69) is 13.8 Å². The van der Waals surface area contributed by atoms with Gasteiger partial charge in [0.15, 0.2) is 16.6 Å². The Hall–Kier alpha value is -4.37. The Kier molecular flexibility index (Phi) is 7.13. The van der Waals surface area contributed by atoms with Crippen LogP contribution in [0.25, 0.3) is 16.0 Å². The number of aryl methyl sites for hydroxylation is 1. The van der Waals surface area contributed by atoms with Crippen molar-refractivity contribution in [2.75, 3.05) is 24.7 Å². The Morgan fingerprint density at radius 1 is 1.07 bits per heavy atom. The van der Waals surface area contributed by atoms with Crippen molar-refractivity contribution in [3.8, 4) is 17.2 Å². The van der Waals surface area contributed by atoms with Crippen LogP contribution in [0, 0.1) is 12.8 Å². The fourth-order valence-electron chi connectivity index (χ4n) is 5.00. The number of carbonyl (C=O) groups is 2. The fourth-order valence-corrected chi connectivity index (χ4v) is 6.09. The molecule has 9 heteroatoms. The van der Waals surface area contributed by atoms with Crippen molar-refractivity contribution in [1.82, 2.24) is 4.98 Å². The number of benzene rings is 3. The predicted molar refractivity (Wildman–Crippen MR) is 158 cm³/mol. The van der Waals surface area contributed by atoms with Crippen molar-refractivity contribution in [2.24, 2.45) is 5.92 Å². The van der Waals surface area contributed by atoms with E-state index in [0.717, 1.165) is 22.2 Å². The van der Waals surface area contributed by atoms with Crippen LogP contribution in [0.5, 0.6) is 17.2 Å². The van der Waals surface area contributed by atoms with Crippen LogP contribution >= 0.6 is 11.3 Å². The highest BCUT2D eigenvalue weighted by atomic mass is 32.1. The standard InChI is InChI=1S/C32H30N2O6S/c1-18(2)11-12-38-22-6-4-5-20(16-22)28-27(29(35)21-8-10-24-25(17-21)40-14-13-39-24)30(36)31(37)34(28)32-33-23-9-7-19(3)15-26(23)41-32/h4-10,15-18,28,35H,11-14H2,1-3H3. The highest BCUT2D eigenvalue weighted by molar-refractivity contribution is 7.22. The zero-order chi connectivity index (χ0) is 28.7. The number of aromatic nitrogens is 1. The summed E-state index contributed by atoms with van der Waals surface area (Å²) >= 11 is 1.33. The second-order valence-corrected chi connectivity index (χ2v) is 11.6. The molecule has 3 aromatic carbocycles. The lowest BCUT2D eigenvalue weighted by Gasteiger charge is -2.24. The van der Waals surface area contributed by atoms with Crippen molar-refractivity contribution in [3.63, 3.8) is 0 Å². The predicted octanol–water partition coefficient (Wildman–Crippen LogP) is 6.43. The minimum absolute atomic E-state index is 0.0264. The number of fused-ring (bicyclic) bond motifs is 2. The molecule has 2 aliphatic rings. The van der Waals surface area contributed by atoms with Crippen LogP contribution in [0.1, 0.15) is 43.0 Å². The van der Waals surface area contributed by atoms with Gasteiger partial charge in [0.1, 0.15) is 24.7 Å². The van der Waals surface area contributed by atoms with Gasteiger partial charge in [-0.2, -0.15) is 0 Å². The molecule has 6 rings (SSSR count). The summed E-state index contributed by atoms with van der Waals surface area (Å²) in [6, 6.07) is 17.2. The van der Waals surface area contributed by atoms with Gasteiger partial charge in [0.25, 0.3) is 5.78 Å². The zero-order valence-corrected chi connectivity index (χ0v) is 23.9. The lowest BCUT2D eigenvalue weighted by Crippen LogP contribution is -2.29. The van der Waals surface area contributed by atoms with Gasteiger partial charge < -0.3 is 19.3 Å². The number of amides is 1. The summed E-state index contributed by atoms with van der Waals surface area (Å²) in [5, 5.41) is 12.0. The molecule has 1 fully saturated rings. The molecule has 4 aromatic rings. The van der Waals surface area contributed by atoms with Gasteiger partial charge >= 0.3 is 5.91 Å². The lowest BCUT2D eigenvalue weighted by molar-refractivity contribution is -0.132. The molecule has 1 unspecified atom stereocenters. The minimum Gasteiger partial charge on any atom is -0.507 e. The number of aliphatic hydroxyl groups is 1. The summed E-state index contributed by atoms with van der Waals surface area (Å²) in [5.41, 5.74) is 2.74. The molecular formula is C32H30N2O6S. The number of Topliss-reactive ketones (excluding diaryl/α,β-unsaturated/α-hetero) is 1. The van der Waals surface area contributed by atoms with Gasteiger partial charge in [0, 0.05) is 5.56 Å². The normalized spacial score (nSPS) is 18.0. The average Bonchev–Trinajstić information content (AvgIpc) is 3.49. The SMILES string of the molecule is Cc1ccc2nc(N3C(=O)C(=O)C(=C(O)c4ccc5c(c4)OCCO5)C3c3cccc(OCCC(C)C)c3)sc2c1. The molecular weight excluding hydrogens is 540 g/mol. The average molecular weight is 571 g/mol. The van der Waals surface area contributed by atoms with Crippen LogP contribution in [-0.4, -0.2) is 41.6 Å². The van der Waals surface area contributed by atoms with Gasteiger partial charge in [-0.1, -0.05) is 43.4 Å². The van der Waals surface area contributed by atoms with Crippen molar-refractivity contribution >= 4 is 44.1 Å². The van der Waals surface area contributed by atoms with E-state index in [4.69, 9.17) is 19.2 Å². The van der Waals surface area contributed by atoms with E-state index in [0.29, 0.717) is 59.2 Å². The van der Waals surface area contributed by atoms with Gasteiger partial charge in [0.2, 0.25) is 0 Å². The van der Waals surface area contributed by atoms with Gasteiger partial charge in [0.05, 0.1) is 28.4 Å². The van der Waals surface area contributed by atoms with Crippen molar-refractivity contribution < 1.29 is 28.9 Å². The van der Waals surface area contributed by atoms with E-state index < -0.39 is 17.7 Å². The van der Waals surface area contributed by atoms with Crippen LogP contribution < -0.4 is 19.1 Å². The Balaban J connectivity index is 1.48. The van der Waals surface area contributed by atoms with Crippen molar-refractivity contribution in [1.29, 1.82) is 0 Å². The minimum atomic E-state index is -0.918. The van der Waals surface area contributed by atoms with E-state index in [1.807, 2.05) is 49.4 Å². The van der Waals surface area contributed by atoms with Crippen LogP contribution in [0.2, 0.25) is 0 Å². The number of ketones is 1. The number of carbonyl (C=O) groups excluding carboxylic acids is 2. The number of thiazole rings is 1. The molecule has 2 aliphatic heterocycles. The van der Waals surface area contributed by atoms with Crippen LogP contribution in [0.15, 0.2) is 66.2 Å². The summed E-state index contributed by atoms with van der Waals surface area (Å²) < 4.78 is 18.2. The third-order valence-electron chi connectivity index (χ3n) is 7.14. The first-order chi connectivity index (χ1) is 19.8. The van der Waals surface area contributed by atoms with Crippen molar-refractivity contribution in [3.05, 3.63) is 82.9 Å². The second kappa shape index (κ2) is 10.9. The maximum Gasteiger partial charge on any atom is 0.301 e. The molecule has 0 bridgehead atoms. The first kappa shape index (κ1) is 26.8. The summed E-state index contributed by atoms with van der Waals surface area (Å²) in [6.45, 7) is 7.59. The number of hydrogen-bond acceptors (Lipinski definition) is 8. The Morgan fingerprint density at radius 2 is 1.88 bits per heavy atom. The Morgan fingerprint density at radius 3 is 2.68 bits per heavy atom. The second-order valence-electron chi connectivity index (χ2n) is 10.6. The highest BCUT2D eigenvalue weighted by Gasteiger charge is 2.48. The number of anilines is 1. The van der Waals surface area contributed by atoms with Gasteiger partial charge in [-0.15, -0.1) is 0 Å². The summed E-state index contributed by atoms with van der Waals surface area (Å²) in [7, 11) is 0. The topological polar surface area (TPSA) is 98.2 Å². The van der Waals surface area contributed by atoms with Crippen LogP contribution in [-0.2, 0) is 9.59 Å². The maximum absolute atomic E-state index is 13.7. The molecule has 1 amide bonds. The molecule has 3 heterocycles. The summed E-state index contributed by atoms with van der Waals surface area (Å²) in [5.74, 6) is 0.289. The molecule has 1 atom stereocenters. The lowest BCUT2D eigenvalue weighted by atomic mass is 9.95. The Labute approximate surface area is 241 Å². The zero-order valence-electron chi connectivity index (χ0n) is 23.0. The Bertz CT molecular complexity index is 1690. The summed E-state index contributed by atoms with van der Waals surface area (Å²) in [4.78, 5) is 33.4. The van der Waals surface area contributed by atoms with Crippen molar-refractivity contribution in [2.45, 2.75) is 33.2 Å². The number of hydrogen-bond donors (Lipinski definition) is 1. The smallest absolute Gasteiger partial charge is 0.301 e. The molecule has 1 saturated heterocycles. The van der Waals surface area contributed by atoms with E-state index in [9.17, 15) is 14.7 Å². The molecule has 8 nitrogen and oxygen atoms in total. The molecule has 41 heavy (non-hydrogen) atoms. The first-order valence-electron chi connectivity index (χ1n) is 13.6. The summed E-state index contributed by atoms with van der Waals surface area (Å²) in [6.07, 6.45) is 0.887.